The van der Waals surface area contributed by atoms with Crippen LogP contribution in [0.4, 0.5) is 0 Å². The first-order chi connectivity index (χ1) is 13.7. The first-order valence-electron chi connectivity index (χ1n) is 9.82. The van der Waals surface area contributed by atoms with Gasteiger partial charge in [0.05, 0.1) is 18.3 Å². The van der Waals surface area contributed by atoms with Crippen LogP contribution in [0.25, 0.3) is 11.1 Å². The number of hydrogen-bond acceptors (Lipinski definition) is 4. The average molecular weight is 373 g/mol. The van der Waals surface area contributed by atoms with Crippen LogP contribution >= 0.6 is 0 Å². The SMILES string of the molecule is CN(C(=O)c1cn(C2CCCNC2)nn1)C1c2ccccc2-c2ccccc21. The molecule has 1 fully saturated rings. The lowest BCUT2D eigenvalue weighted by Gasteiger charge is -2.26. The molecule has 3 aromatic rings. The highest BCUT2D eigenvalue weighted by atomic mass is 16.2. The van der Waals surface area contributed by atoms with Gasteiger partial charge in [0, 0.05) is 13.6 Å². The molecule has 0 bridgehead atoms. The van der Waals surface area contributed by atoms with Gasteiger partial charge in [0.1, 0.15) is 0 Å². The van der Waals surface area contributed by atoms with E-state index in [0.717, 1.165) is 37.1 Å². The van der Waals surface area contributed by atoms with Crippen LogP contribution in [0.15, 0.2) is 54.7 Å². The van der Waals surface area contributed by atoms with Crippen molar-refractivity contribution in [3.8, 4) is 11.1 Å². The Labute approximate surface area is 164 Å². The van der Waals surface area contributed by atoms with E-state index >= 15 is 0 Å². The van der Waals surface area contributed by atoms with Crippen LogP contribution in [-0.2, 0) is 0 Å². The van der Waals surface area contributed by atoms with Crippen molar-refractivity contribution in [3.63, 3.8) is 0 Å². The smallest absolute Gasteiger partial charge is 0.276 e. The Hall–Kier alpha value is -2.99. The Bertz CT molecular complexity index is 976. The molecule has 0 radical (unpaired) electrons. The summed E-state index contributed by atoms with van der Waals surface area (Å²) in [6, 6.07) is 16.8. The standard InChI is InChI=1S/C22H23N5O/c1-26(22(28)20-14-27(25-24-20)15-7-6-12-23-13-15)21-18-10-4-2-8-16(18)17-9-3-5-11-19(17)21/h2-5,8-11,14-15,21,23H,6-7,12-13H2,1H3. The van der Waals surface area contributed by atoms with Gasteiger partial charge in [-0.25, -0.2) is 4.68 Å². The Morgan fingerprint density at radius 2 is 1.79 bits per heavy atom. The van der Waals surface area contributed by atoms with E-state index < -0.39 is 0 Å². The third-order valence-electron chi connectivity index (χ3n) is 5.88. The van der Waals surface area contributed by atoms with Gasteiger partial charge in [-0.15, -0.1) is 5.10 Å². The maximum absolute atomic E-state index is 13.2. The fraction of sp³-hybridized carbons (Fsp3) is 0.318. The van der Waals surface area contributed by atoms with Gasteiger partial charge in [0.25, 0.3) is 5.91 Å². The molecule has 6 nitrogen and oxygen atoms in total. The summed E-state index contributed by atoms with van der Waals surface area (Å²) in [5.41, 5.74) is 5.10. The van der Waals surface area contributed by atoms with Crippen LogP contribution < -0.4 is 5.32 Å². The van der Waals surface area contributed by atoms with E-state index in [-0.39, 0.29) is 18.0 Å². The van der Waals surface area contributed by atoms with E-state index in [1.54, 1.807) is 11.1 Å². The molecule has 1 unspecified atom stereocenters. The van der Waals surface area contributed by atoms with Gasteiger partial charge in [-0.05, 0) is 41.6 Å². The molecule has 5 rings (SSSR count). The maximum atomic E-state index is 13.2. The summed E-state index contributed by atoms with van der Waals surface area (Å²) in [6.45, 7) is 1.91. The van der Waals surface area contributed by atoms with Crippen molar-refractivity contribution in [1.82, 2.24) is 25.2 Å². The second kappa shape index (κ2) is 6.87. The molecular weight excluding hydrogens is 350 g/mol. The van der Waals surface area contributed by atoms with Gasteiger partial charge in [0.2, 0.25) is 0 Å². The van der Waals surface area contributed by atoms with E-state index in [9.17, 15) is 4.79 Å². The van der Waals surface area contributed by atoms with E-state index in [1.165, 1.54) is 11.1 Å². The second-order valence-electron chi connectivity index (χ2n) is 7.58. The summed E-state index contributed by atoms with van der Waals surface area (Å²) in [5, 5.41) is 11.8. The Morgan fingerprint density at radius 3 is 2.43 bits per heavy atom. The molecule has 1 aliphatic heterocycles. The lowest BCUT2D eigenvalue weighted by Crippen LogP contribution is -2.32. The fourth-order valence-corrected chi connectivity index (χ4v) is 4.46. The minimum absolute atomic E-state index is 0.105. The number of carbonyl (C=O) groups is 1. The van der Waals surface area contributed by atoms with E-state index in [2.05, 4.69) is 39.9 Å². The maximum Gasteiger partial charge on any atom is 0.276 e. The van der Waals surface area contributed by atoms with Crippen molar-refractivity contribution in [2.24, 2.45) is 0 Å². The lowest BCUT2D eigenvalue weighted by atomic mass is 10.0. The van der Waals surface area contributed by atoms with Crippen LogP contribution in [0.3, 0.4) is 0 Å². The molecule has 1 amide bonds. The van der Waals surface area contributed by atoms with Crippen molar-refractivity contribution in [2.75, 3.05) is 20.1 Å². The number of hydrogen-bond donors (Lipinski definition) is 1. The third-order valence-corrected chi connectivity index (χ3v) is 5.88. The van der Waals surface area contributed by atoms with E-state index in [1.807, 2.05) is 36.0 Å². The number of nitrogens with one attached hydrogen (secondary N) is 1. The molecule has 2 aromatic carbocycles. The Morgan fingerprint density at radius 1 is 1.11 bits per heavy atom. The summed E-state index contributed by atoms with van der Waals surface area (Å²) in [6.07, 6.45) is 3.97. The zero-order valence-electron chi connectivity index (χ0n) is 15.9. The monoisotopic (exact) mass is 373 g/mol. The minimum atomic E-state index is -0.110. The summed E-state index contributed by atoms with van der Waals surface area (Å²) in [7, 11) is 1.85. The number of carbonyl (C=O) groups excluding carboxylic acids is 1. The van der Waals surface area contributed by atoms with Gasteiger partial charge in [-0.2, -0.15) is 0 Å². The molecule has 142 valence electrons. The van der Waals surface area contributed by atoms with Crippen molar-refractivity contribution < 1.29 is 4.79 Å². The largest absolute Gasteiger partial charge is 0.329 e. The van der Waals surface area contributed by atoms with E-state index in [0.29, 0.717) is 5.69 Å². The quantitative estimate of drug-likeness (QED) is 0.766. The van der Waals surface area contributed by atoms with Gasteiger partial charge in [0.15, 0.2) is 5.69 Å². The Balaban J connectivity index is 1.46. The number of aromatic nitrogens is 3. The molecule has 1 aliphatic carbocycles. The first kappa shape index (κ1) is 17.1. The Kier molecular flexibility index (Phi) is 4.20. The number of piperidine rings is 1. The molecule has 2 aliphatic rings. The van der Waals surface area contributed by atoms with Crippen molar-refractivity contribution in [2.45, 2.75) is 24.9 Å². The fourth-order valence-electron chi connectivity index (χ4n) is 4.46. The topological polar surface area (TPSA) is 63.1 Å². The second-order valence-corrected chi connectivity index (χ2v) is 7.58. The number of nitrogens with zero attached hydrogens (tertiary/aromatic N) is 4. The summed E-state index contributed by atoms with van der Waals surface area (Å²) < 4.78 is 1.84. The molecular formula is C22H23N5O. The summed E-state index contributed by atoms with van der Waals surface area (Å²) >= 11 is 0. The normalized spacial score (nSPS) is 18.5. The zero-order valence-corrected chi connectivity index (χ0v) is 15.9. The highest BCUT2D eigenvalue weighted by Gasteiger charge is 2.34. The van der Waals surface area contributed by atoms with Gasteiger partial charge in [-0.3, -0.25) is 4.79 Å². The zero-order chi connectivity index (χ0) is 19.1. The van der Waals surface area contributed by atoms with E-state index in [4.69, 9.17) is 0 Å². The molecule has 6 heteroatoms. The summed E-state index contributed by atoms with van der Waals surface area (Å²) in [5.74, 6) is -0.105. The van der Waals surface area contributed by atoms with Crippen molar-refractivity contribution in [1.29, 1.82) is 0 Å². The number of amides is 1. The minimum Gasteiger partial charge on any atom is -0.329 e. The molecule has 28 heavy (non-hydrogen) atoms. The number of fused-ring (bicyclic) bond motifs is 3. The van der Waals surface area contributed by atoms with Crippen molar-refractivity contribution >= 4 is 5.91 Å². The molecule has 1 saturated heterocycles. The average Bonchev–Trinajstić information content (AvgIpc) is 3.37. The third kappa shape index (κ3) is 2.72. The van der Waals surface area contributed by atoms with Gasteiger partial charge < -0.3 is 10.2 Å². The predicted octanol–water partition coefficient (Wildman–Crippen LogP) is 3.04. The van der Waals surface area contributed by atoms with Crippen molar-refractivity contribution in [3.05, 3.63) is 71.5 Å². The number of benzene rings is 2. The van der Waals surface area contributed by atoms with Crippen LogP contribution in [0.1, 0.15) is 46.5 Å². The molecule has 0 saturated carbocycles. The summed E-state index contributed by atoms with van der Waals surface area (Å²) in [4.78, 5) is 15.0. The molecule has 0 spiro atoms. The molecule has 2 heterocycles. The van der Waals surface area contributed by atoms with Crippen LogP contribution in [-0.4, -0.2) is 45.9 Å². The van der Waals surface area contributed by atoms with Crippen LogP contribution in [0.5, 0.6) is 0 Å². The highest BCUT2D eigenvalue weighted by molar-refractivity contribution is 5.93. The highest BCUT2D eigenvalue weighted by Crippen LogP contribution is 2.45. The predicted molar refractivity (Wildman–Crippen MR) is 107 cm³/mol. The van der Waals surface area contributed by atoms with Gasteiger partial charge in [-0.1, -0.05) is 53.7 Å². The lowest BCUT2D eigenvalue weighted by molar-refractivity contribution is 0.0751. The molecule has 1 N–H and O–H groups in total. The molecule has 1 atom stereocenters. The van der Waals surface area contributed by atoms with Gasteiger partial charge >= 0.3 is 0 Å². The molecule has 1 aromatic heterocycles. The van der Waals surface area contributed by atoms with Crippen LogP contribution in [0.2, 0.25) is 0 Å². The van der Waals surface area contributed by atoms with Crippen LogP contribution in [0, 0.1) is 0 Å². The first-order valence-corrected chi connectivity index (χ1v) is 9.82. The number of rotatable bonds is 3.